The minimum absolute atomic E-state index is 0.0902. The van der Waals surface area contributed by atoms with E-state index in [-0.39, 0.29) is 6.04 Å². The highest BCUT2D eigenvalue weighted by molar-refractivity contribution is 7.85. The van der Waals surface area contributed by atoms with Gasteiger partial charge in [0.05, 0.1) is 6.10 Å². The lowest BCUT2D eigenvalue weighted by molar-refractivity contribution is 0.140. The van der Waals surface area contributed by atoms with Crippen molar-refractivity contribution < 1.29 is 5.11 Å². The van der Waals surface area contributed by atoms with Crippen LogP contribution in [0.3, 0.4) is 0 Å². The zero-order valence-electron chi connectivity index (χ0n) is 8.88. The van der Waals surface area contributed by atoms with Crippen molar-refractivity contribution in [3.8, 4) is 5.40 Å². The number of rotatable bonds is 3. The van der Waals surface area contributed by atoms with Crippen molar-refractivity contribution >= 4 is 12.6 Å². The van der Waals surface area contributed by atoms with Crippen molar-refractivity contribution in [2.45, 2.75) is 19.1 Å². The second-order valence-corrected chi connectivity index (χ2v) is 3.23. The van der Waals surface area contributed by atoms with Gasteiger partial charge in [-0.15, -0.1) is 0 Å². The molecule has 0 heterocycles. The van der Waals surface area contributed by atoms with Crippen molar-refractivity contribution in [1.29, 1.82) is 5.26 Å². The summed E-state index contributed by atoms with van der Waals surface area (Å²) in [5.41, 5.74) is 0.958. The fourth-order valence-corrected chi connectivity index (χ4v) is 1.10. The molecule has 0 spiro atoms. The number of nitriles is 1. The molecular weight excluding hydrogens is 208 g/mol. The van der Waals surface area contributed by atoms with E-state index in [0.29, 0.717) is 0 Å². The van der Waals surface area contributed by atoms with Crippen LogP contribution in [0.5, 0.6) is 0 Å². The quantitative estimate of drug-likeness (QED) is 0.541. The lowest BCUT2D eigenvalue weighted by atomic mass is 10.0. The zero-order valence-corrected chi connectivity index (χ0v) is 9.78. The number of nitrogens with one attached hydrogen (secondary N) is 1. The van der Waals surface area contributed by atoms with E-state index in [0.717, 1.165) is 5.56 Å². The number of aliphatic hydroxyl groups excluding tert-OH is 1. The first-order valence-corrected chi connectivity index (χ1v) is 5.05. The van der Waals surface area contributed by atoms with E-state index in [9.17, 15) is 5.11 Å². The largest absolute Gasteiger partial charge is 0.387 e. The zero-order chi connectivity index (χ0) is 11.7. The molecule has 0 saturated carbocycles. The molecular formula is C11H16N2OS. The smallest absolute Gasteiger partial charge is 0.130 e. The average molecular weight is 224 g/mol. The standard InChI is InChI=1S/C10H15NO.CHNS/c1-8(11-2)10(12)9-6-4-3-5-7-9;2-1-3/h3-8,10-12H,1-2H3;3H. The first-order valence-electron chi connectivity index (χ1n) is 4.60. The molecule has 0 aliphatic carbocycles. The molecule has 4 heteroatoms. The van der Waals surface area contributed by atoms with Crippen LogP contribution in [0.2, 0.25) is 0 Å². The number of likely N-dealkylation sites (N-methyl/N-ethyl adjacent to an activating group) is 1. The summed E-state index contributed by atoms with van der Waals surface area (Å²) in [5.74, 6) is 0. The predicted molar refractivity (Wildman–Crippen MR) is 64.5 cm³/mol. The Balaban J connectivity index is 0.000000583. The van der Waals surface area contributed by atoms with E-state index in [4.69, 9.17) is 5.26 Å². The Morgan fingerprint density at radius 1 is 1.40 bits per heavy atom. The van der Waals surface area contributed by atoms with Gasteiger partial charge in [-0.2, -0.15) is 5.26 Å². The highest BCUT2D eigenvalue weighted by atomic mass is 32.1. The van der Waals surface area contributed by atoms with Gasteiger partial charge in [-0.05, 0) is 19.5 Å². The maximum absolute atomic E-state index is 9.73. The maximum atomic E-state index is 9.73. The number of nitrogens with zero attached hydrogens (tertiary/aromatic N) is 1. The van der Waals surface area contributed by atoms with Crippen LogP contribution in [0, 0.1) is 10.7 Å². The van der Waals surface area contributed by atoms with Gasteiger partial charge in [0.25, 0.3) is 0 Å². The van der Waals surface area contributed by atoms with E-state index in [1.807, 2.05) is 44.3 Å². The molecule has 0 amide bonds. The molecule has 0 bridgehead atoms. The SMILES string of the molecule is CNC(C)C(O)c1ccccc1.N#CS. The van der Waals surface area contributed by atoms with Gasteiger partial charge in [0.1, 0.15) is 5.40 Å². The molecule has 2 N–H and O–H groups in total. The van der Waals surface area contributed by atoms with Gasteiger partial charge in [0.2, 0.25) is 0 Å². The molecule has 2 atom stereocenters. The predicted octanol–water partition coefficient (Wildman–Crippen LogP) is 1.73. The van der Waals surface area contributed by atoms with Gasteiger partial charge in [-0.25, -0.2) is 0 Å². The van der Waals surface area contributed by atoms with Crippen LogP contribution in [0.25, 0.3) is 0 Å². The summed E-state index contributed by atoms with van der Waals surface area (Å²) in [7, 11) is 1.84. The Morgan fingerprint density at radius 2 is 1.87 bits per heavy atom. The molecule has 0 aromatic heterocycles. The Bertz CT molecular complexity index is 297. The molecule has 2 unspecified atom stereocenters. The number of aliphatic hydroxyl groups is 1. The topological polar surface area (TPSA) is 56.0 Å². The van der Waals surface area contributed by atoms with E-state index < -0.39 is 6.10 Å². The second kappa shape index (κ2) is 8.30. The van der Waals surface area contributed by atoms with Gasteiger partial charge >= 0.3 is 0 Å². The Hall–Kier alpha value is -1.02. The Labute approximate surface area is 96.2 Å². The minimum Gasteiger partial charge on any atom is -0.387 e. The fourth-order valence-electron chi connectivity index (χ4n) is 1.10. The van der Waals surface area contributed by atoms with Gasteiger partial charge in [0.15, 0.2) is 0 Å². The summed E-state index contributed by atoms with van der Waals surface area (Å²) in [4.78, 5) is 0. The molecule has 15 heavy (non-hydrogen) atoms. The summed E-state index contributed by atoms with van der Waals surface area (Å²) in [5, 5.41) is 21.4. The molecule has 0 radical (unpaired) electrons. The van der Waals surface area contributed by atoms with Crippen molar-refractivity contribution in [1.82, 2.24) is 5.32 Å². The van der Waals surface area contributed by atoms with E-state index in [1.54, 1.807) is 0 Å². The molecule has 1 aromatic rings. The summed E-state index contributed by atoms with van der Waals surface area (Å²) >= 11 is 3.09. The highest BCUT2D eigenvalue weighted by Gasteiger charge is 2.12. The molecule has 3 nitrogen and oxygen atoms in total. The van der Waals surface area contributed by atoms with Crippen molar-refractivity contribution in [3.05, 3.63) is 35.9 Å². The molecule has 82 valence electrons. The molecule has 1 aromatic carbocycles. The lowest BCUT2D eigenvalue weighted by Crippen LogP contribution is -2.28. The Morgan fingerprint density at radius 3 is 2.27 bits per heavy atom. The minimum atomic E-state index is -0.420. The van der Waals surface area contributed by atoms with Crippen molar-refractivity contribution in [3.63, 3.8) is 0 Å². The fraction of sp³-hybridized carbons (Fsp3) is 0.364. The Kier molecular flexibility index (Phi) is 7.74. The monoisotopic (exact) mass is 224 g/mol. The van der Waals surface area contributed by atoms with Gasteiger partial charge in [0, 0.05) is 6.04 Å². The normalized spacial score (nSPS) is 13.0. The van der Waals surface area contributed by atoms with Gasteiger partial charge in [-0.3, -0.25) is 0 Å². The highest BCUT2D eigenvalue weighted by Crippen LogP contribution is 2.15. The molecule has 1 rings (SSSR count). The first kappa shape index (κ1) is 14.0. The van der Waals surface area contributed by atoms with E-state index in [1.165, 1.54) is 5.40 Å². The van der Waals surface area contributed by atoms with Gasteiger partial charge < -0.3 is 10.4 Å². The van der Waals surface area contributed by atoms with Crippen LogP contribution in [0.1, 0.15) is 18.6 Å². The van der Waals surface area contributed by atoms with Crippen LogP contribution in [-0.2, 0) is 0 Å². The number of thiocyanates is 1. The lowest BCUT2D eigenvalue weighted by Gasteiger charge is -2.17. The number of hydrogen-bond donors (Lipinski definition) is 3. The molecule has 0 aliphatic rings. The summed E-state index contributed by atoms with van der Waals surface area (Å²) < 4.78 is 0. The third kappa shape index (κ3) is 5.43. The van der Waals surface area contributed by atoms with Crippen molar-refractivity contribution in [2.75, 3.05) is 7.05 Å². The molecule has 0 saturated heterocycles. The molecule has 0 aliphatic heterocycles. The third-order valence-corrected chi connectivity index (χ3v) is 2.07. The van der Waals surface area contributed by atoms with E-state index in [2.05, 4.69) is 17.9 Å². The number of thiol groups is 1. The van der Waals surface area contributed by atoms with Crippen LogP contribution in [0.15, 0.2) is 30.3 Å². The van der Waals surface area contributed by atoms with Crippen LogP contribution in [0.4, 0.5) is 0 Å². The van der Waals surface area contributed by atoms with Crippen LogP contribution in [-0.4, -0.2) is 18.2 Å². The van der Waals surface area contributed by atoms with Crippen LogP contribution >= 0.6 is 12.6 Å². The van der Waals surface area contributed by atoms with Crippen LogP contribution < -0.4 is 5.32 Å². The van der Waals surface area contributed by atoms with Gasteiger partial charge in [-0.1, -0.05) is 43.0 Å². The van der Waals surface area contributed by atoms with Crippen molar-refractivity contribution in [2.24, 2.45) is 0 Å². The summed E-state index contributed by atoms with van der Waals surface area (Å²) in [6.45, 7) is 1.96. The first-order chi connectivity index (χ1) is 7.17. The second-order valence-electron chi connectivity index (χ2n) is 3.03. The summed E-state index contributed by atoms with van der Waals surface area (Å²) in [6.07, 6.45) is -0.420. The summed E-state index contributed by atoms with van der Waals surface area (Å²) in [6, 6.07) is 9.76. The third-order valence-electron chi connectivity index (χ3n) is 2.07. The number of benzene rings is 1. The average Bonchev–Trinajstić information content (AvgIpc) is 2.29. The number of hydrogen-bond acceptors (Lipinski definition) is 4. The maximum Gasteiger partial charge on any atom is 0.130 e. The van der Waals surface area contributed by atoms with E-state index >= 15 is 0 Å². The molecule has 0 fully saturated rings.